The van der Waals surface area contributed by atoms with E-state index in [0.29, 0.717) is 5.82 Å². The summed E-state index contributed by atoms with van der Waals surface area (Å²) < 4.78 is 25.3. The summed E-state index contributed by atoms with van der Waals surface area (Å²) in [5.74, 6) is -0.901. The Hall–Kier alpha value is -4.09. The number of anilines is 1. The maximum atomic E-state index is 14.3. The predicted molar refractivity (Wildman–Crippen MR) is 102 cm³/mol. The molecule has 0 radical (unpaired) electrons. The highest BCUT2D eigenvalue weighted by Gasteiger charge is 2.21. The van der Waals surface area contributed by atoms with Gasteiger partial charge in [-0.25, -0.2) is 28.9 Å². The molecule has 3 aromatic rings. The van der Waals surface area contributed by atoms with E-state index in [1.54, 1.807) is 25.4 Å². The van der Waals surface area contributed by atoms with Crippen LogP contribution in [-0.2, 0) is 4.74 Å². The molecule has 1 unspecified atom stereocenters. The van der Waals surface area contributed by atoms with E-state index in [4.69, 9.17) is 4.74 Å². The number of rotatable bonds is 6. The number of amides is 2. The van der Waals surface area contributed by atoms with Crippen molar-refractivity contribution in [2.24, 2.45) is 0 Å². The number of hydrogen-bond acceptors (Lipinski definition) is 8. The van der Waals surface area contributed by atoms with Gasteiger partial charge in [0.25, 0.3) is 5.95 Å². The number of methoxy groups -OCH3 is 2. The second-order valence-electron chi connectivity index (χ2n) is 5.92. The molecule has 0 bridgehead atoms. The number of nitrogens with zero attached hydrogens (tertiary/aromatic N) is 5. The van der Waals surface area contributed by atoms with Gasteiger partial charge in [-0.15, -0.1) is 0 Å². The molecule has 0 saturated heterocycles. The molecule has 12 heteroatoms. The zero-order chi connectivity index (χ0) is 21.7. The number of hydrogen-bond donors (Lipinski definition) is 2. The lowest BCUT2D eigenvalue weighted by atomic mass is 10.1. The van der Waals surface area contributed by atoms with Gasteiger partial charge in [0.05, 0.1) is 25.9 Å². The molecule has 2 aromatic heterocycles. The van der Waals surface area contributed by atoms with Crippen LogP contribution < -0.4 is 15.4 Å². The van der Waals surface area contributed by atoms with Gasteiger partial charge in [-0.3, -0.25) is 0 Å². The van der Waals surface area contributed by atoms with E-state index < -0.39 is 23.9 Å². The summed E-state index contributed by atoms with van der Waals surface area (Å²) in [4.78, 5) is 36.6. The quantitative estimate of drug-likeness (QED) is 0.583. The first kappa shape index (κ1) is 20.6. The molecule has 0 saturated carbocycles. The topological polar surface area (TPSA) is 133 Å². The summed E-state index contributed by atoms with van der Waals surface area (Å²) in [7, 11) is 2.47. The monoisotopic (exact) mass is 415 g/mol. The lowest BCUT2D eigenvalue weighted by Gasteiger charge is -2.16. The van der Waals surface area contributed by atoms with Crippen molar-refractivity contribution in [2.75, 3.05) is 19.5 Å². The van der Waals surface area contributed by atoms with Gasteiger partial charge in [-0.1, -0.05) is 0 Å². The fourth-order valence-corrected chi connectivity index (χ4v) is 2.61. The first-order chi connectivity index (χ1) is 14.4. The number of nitrogens with one attached hydrogen (secondary N) is 2. The van der Waals surface area contributed by atoms with Crippen LogP contribution in [0.3, 0.4) is 0 Å². The van der Waals surface area contributed by atoms with Gasteiger partial charge in [0.1, 0.15) is 17.6 Å². The predicted octanol–water partition coefficient (Wildman–Crippen LogP) is 1.87. The molecule has 2 heterocycles. The number of benzene rings is 1. The number of ether oxygens (including phenoxy) is 2. The zero-order valence-electron chi connectivity index (χ0n) is 16.3. The van der Waals surface area contributed by atoms with Crippen molar-refractivity contribution in [3.8, 4) is 11.7 Å². The van der Waals surface area contributed by atoms with Crippen molar-refractivity contribution in [1.82, 2.24) is 30.0 Å². The van der Waals surface area contributed by atoms with Gasteiger partial charge in [0, 0.05) is 18.5 Å². The van der Waals surface area contributed by atoms with Crippen LogP contribution in [-0.4, -0.2) is 51.0 Å². The van der Waals surface area contributed by atoms with Crippen molar-refractivity contribution in [3.05, 3.63) is 54.1 Å². The number of esters is 1. The lowest BCUT2D eigenvalue weighted by Crippen LogP contribution is -2.33. The first-order valence-corrected chi connectivity index (χ1v) is 8.65. The molecule has 1 atom stereocenters. The summed E-state index contributed by atoms with van der Waals surface area (Å²) in [6.07, 6.45) is 4.39. The van der Waals surface area contributed by atoms with Crippen LogP contribution in [0.2, 0.25) is 0 Å². The molecule has 1 aromatic carbocycles. The van der Waals surface area contributed by atoms with Gasteiger partial charge in [0.2, 0.25) is 0 Å². The van der Waals surface area contributed by atoms with E-state index in [1.165, 1.54) is 25.2 Å². The number of urea groups is 1. The highest BCUT2D eigenvalue weighted by atomic mass is 19.1. The Morgan fingerprint density at radius 3 is 2.57 bits per heavy atom. The molecule has 0 fully saturated rings. The van der Waals surface area contributed by atoms with Gasteiger partial charge < -0.3 is 20.1 Å². The van der Waals surface area contributed by atoms with Gasteiger partial charge >= 0.3 is 12.0 Å². The Kier molecular flexibility index (Phi) is 6.15. The number of carbonyl (C=O) groups is 2. The molecule has 11 nitrogen and oxygen atoms in total. The summed E-state index contributed by atoms with van der Waals surface area (Å²) in [5, 5.41) is 9.03. The second-order valence-corrected chi connectivity index (χ2v) is 5.92. The first-order valence-electron chi connectivity index (χ1n) is 8.65. The zero-order valence-corrected chi connectivity index (χ0v) is 16.3. The molecule has 156 valence electrons. The fraction of sp³-hybridized carbons (Fsp3) is 0.222. The van der Waals surface area contributed by atoms with Crippen molar-refractivity contribution < 1.29 is 23.5 Å². The van der Waals surface area contributed by atoms with Gasteiger partial charge in [0.15, 0.2) is 11.6 Å². The average Bonchev–Trinajstić information content (AvgIpc) is 3.25. The van der Waals surface area contributed by atoms with Crippen LogP contribution in [0.4, 0.5) is 14.9 Å². The Bertz CT molecular complexity index is 1060. The average molecular weight is 415 g/mol. The lowest BCUT2D eigenvalue weighted by molar-refractivity contribution is 0.0597. The number of aromatic nitrogens is 5. The van der Waals surface area contributed by atoms with Crippen LogP contribution in [0.15, 0.2) is 36.9 Å². The Balaban J connectivity index is 1.77. The minimum Gasteiger partial charge on any atom is -0.496 e. The smallest absolute Gasteiger partial charge is 0.341 e. The maximum absolute atomic E-state index is 14.3. The molecule has 3 rings (SSSR count). The minimum absolute atomic E-state index is 0.0189. The van der Waals surface area contributed by atoms with Crippen LogP contribution >= 0.6 is 0 Å². The van der Waals surface area contributed by atoms with Gasteiger partial charge in [-0.05, 0) is 19.1 Å². The molecular formula is C18H18FN7O4. The van der Waals surface area contributed by atoms with Gasteiger partial charge in [-0.2, -0.15) is 9.78 Å². The summed E-state index contributed by atoms with van der Waals surface area (Å²) in [6, 6.07) is 2.41. The largest absolute Gasteiger partial charge is 0.496 e. The van der Waals surface area contributed by atoms with Crippen molar-refractivity contribution in [2.45, 2.75) is 13.0 Å². The van der Waals surface area contributed by atoms with E-state index in [1.807, 2.05) is 0 Å². The van der Waals surface area contributed by atoms with Crippen molar-refractivity contribution >= 4 is 17.7 Å². The van der Waals surface area contributed by atoms with E-state index in [0.717, 1.165) is 12.1 Å². The summed E-state index contributed by atoms with van der Waals surface area (Å²) >= 11 is 0. The normalized spacial score (nSPS) is 11.5. The van der Waals surface area contributed by atoms with Crippen LogP contribution in [0.5, 0.6) is 5.75 Å². The maximum Gasteiger partial charge on any atom is 0.341 e. The molecule has 0 aliphatic heterocycles. The molecular weight excluding hydrogens is 397 g/mol. The molecule has 0 aliphatic rings. The van der Waals surface area contributed by atoms with E-state index in [9.17, 15) is 14.0 Å². The van der Waals surface area contributed by atoms with Crippen LogP contribution in [0, 0.1) is 5.82 Å². The number of halogens is 1. The third-order valence-corrected chi connectivity index (χ3v) is 3.99. The fourth-order valence-electron chi connectivity index (χ4n) is 2.61. The number of carbonyl (C=O) groups excluding carboxylic acids is 2. The summed E-state index contributed by atoms with van der Waals surface area (Å²) in [5.41, 5.74) is -0.264. The highest BCUT2D eigenvalue weighted by molar-refractivity contribution is 5.96. The molecule has 30 heavy (non-hydrogen) atoms. The summed E-state index contributed by atoms with van der Waals surface area (Å²) in [6.45, 7) is 1.66. The molecule has 0 spiro atoms. The Morgan fingerprint density at radius 2 is 1.90 bits per heavy atom. The minimum atomic E-state index is -0.789. The van der Waals surface area contributed by atoms with E-state index >= 15 is 0 Å². The van der Waals surface area contributed by atoms with E-state index in [2.05, 4.69) is 35.4 Å². The van der Waals surface area contributed by atoms with Crippen LogP contribution in [0.25, 0.3) is 5.95 Å². The van der Waals surface area contributed by atoms with Crippen LogP contribution in [0.1, 0.15) is 29.1 Å². The standard InChI is InChI=1S/C18H18FN7O4/c1-10(15-22-9-23-26(15)17-20-5-4-6-21-17)24-18(28)25-13-7-11(16(27)30-3)14(29-2)8-12(13)19/h4-10H,1-3H3,(H2,24,25,28). The third-order valence-electron chi connectivity index (χ3n) is 3.99. The molecule has 2 amide bonds. The van der Waals surface area contributed by atoms with E-state index in [-0.39, 0.29) is 22.9 Å². The van der Waals surface area contributed by atoms with Crippen molar-refractivity contribution in [3.63, 3.8) is 0 Å². The van der Waals surface area contributed by atoms with Crippen molar-refractivity contribution in [1.29, 1.82) is 0 Å². The second kappa shape index (κ2) is 8.94. The highest BCUT2D eigenvalue weighted by Crippen LogP contribution is 2.27. The molecule has 2 N–H and O–H groups in total. The Labute approximate surface area is 170 Å². The molecule has 0 aliphatic carbocycles. The third kappa shape index (κ3) is 4.32. The Morgan fingerprint density at radius 1 is 1.17 bits per heavy atom. The SMILES string of the molecule is COC(=O)c1cc(NC(=O)NC(C)c2ncnn2-c2ncccn2)c(F)cc1OC.